The largest absolute Gasteiger partial charge is 0.340 e. The van der Waals surface area contributed by atoms with Crippen LogP contribution < -0.4 is 0 Å². The van der Waals surface area contributed by atoms with E-state index in [1.807, 2.05) is 0 Å². The molecule has 1 saturated carbocycles. The zero-order chi connectivity index (χ0) is 12.5. The first-order valence-electron chi connectivity index (χ1n) is 7.12. The van der Waals surface area contributed by atoms with Crippen molar-refractivity contribution >= 4 is 5.91 Å². The molecule has 0 aromatic rings. The van der Waals surface area contributed by atoms with Crippen LogP contribution >= 0.6 is 0 Å². The van der Waals surface area contributed by atoms with Gasteiger partial charge in [0.2, 0.25) is 5.91 Å². The van der Waals surface area contributed by atoms with Crippen LogP contribution in [0.3, 0.4) is 0 Å². The summed E-state index contributed by atoms with van der Waals surface area (Å²) < 4.78 is 0. The van der Waals surface area contributed by atoms with Gasteiger partial charge >= 0.3 is 0 Å². The van der Waals surface area contributed by atoms with Gasteiger partial charge in [0.1, 0.15) is 0 Å². The van der Waals surface area contributed by atoms with Crippen LogP contribution in [0.4, 0.5) is 0 Å². The summed E-state index contributed by atoms with van der Waals surface area (Å²) in [7, 11) is 0. The number of nitrogens with zero attached hydrogens (tertiary/aromatic N) is 2. The molecule has 17 heavy (non-hydrogen) atoms. The predicted octanol–water partition coefficient (Wildman–Crippen LogP) is 1.98. The molecule has 3 heteroatoms. The molecular weight excluding hydrogens is 212 g/mol. The molecule has 0 spiro atoms. The van der Waals surface area contributed by atoms with Crippen molar-refractivity contribution in [3.63, 3.8) is 0 Å². The number of hydrogen-bond donors (Lipinski definition) is 0. The summed E-state index contributed by atoms with van der Waals surface area (Å²) in [5, 5.41) is 0. The van der Waals surface area contributed by atoms with Crippen molar-refractivity contribution in [2.24, 2.45) is 11.3 Å². The number of hydrogen-bond acceptors (Lipinski definition) is 2. The maximum atomic E-state index is 12.5. The van der Waals surface area contributed by atoms with Gasteiger partial charge in [-0.05, 0) is 31.7 Å². The summed E-state index contributed by atoms with van der Waals surface area (Å²) in [6.45, 7) is 11.8. The standard InChI is InChI=1S/C14H26N2O/c1-4-7-15-8-10-16(11-9-15)13(17)14(5-6-14)12(2)3/h12H,4-11H2,1-3H3. The van der Waals surface area contributed by atoms with E-state index in [-0.39, 0.29) is 5.41 Å². The lowest BCUT2D eigenvalue weighted by Gasteiger charge is -2.37. The van der Waals surface area contributed by atoms with Gasteiger partial charge in [0.05, 0.1) is 5.41 Å². The molecule has 2 rings (SSSR count). The van der Waals surface area contributed by atoms with Gasteiger partial charge in [-0.25, -0.2) is 0 Å². The highest BCUT2D eigenvalue weighted by atomic mass is 16.2. The van der Waals surface area contributed by atoms with Crippen LogP contribution in [0.15, 0.2) is 0 Å². The number of amides is 1. The van der Waals surface area contributed by atoms with E-state index in [1.165, 1.54) is 13.0 Å². The average molecular weight is 238 g/mol. The first-order chi connectivity index (χ1) is 8.10. The molecular formula is C14H26N2O. The molecule has 3 nitrogen and oxygen atoms in total. The quantitative estimate of drug-likeness (QED) is 0.747. The molecule has 0 bridgehead atoms. The predicted molar refractivity (Wildman–Crippen MR) is 69.8 cm³/mol. The smallest absolute Gasteiger partial charge is 0.229 e. The normalized spacial score (nSPS) is 24.1. The van der Waals surface area contributed by atoms with Crippen LogP contribution in [0.1, 0.15) is 40.0 Å². The maximum Gasteiger partial charge on any atom is 0.229 e. The molecule has 98 valence electrons. The molecule has 2 aliphatic rings. The lowest BCUT2D eigenvalue weighted by atomic mass is 9.90. The Morgan fingerprint density at radius 2 is 1.76 bits per heavy atom. The average Bonchev–Trinajstić information content (AvgIpc) is 3.11. The molecule has 1 amide bonds. The molecule has 0 radical (unpaired) electrons. The summed E-state index contributed by atoms with van der Waals surface area (Å²) >= 11 is 0. The van der Waals surface area contributed by atoms with E-state index in [4.69, 9.17) is 0 Å². The van der Waals surface area contributed by atoms with Crippen LogP contribution in [-0.4, -0.2) is 48.4 Å². The van der Waals surface area contributed by atoms with Crippen molar-refractivity contribution in [3.8, 4) is 0 Å². The van der Waals surface area contributed by atoms with Gasteiger partial charge in [-0.1, -0.05) is 20.8 Å². The highest BCUT2D eigenvalue weighted by Gasteiger charge is 2.53. The summed E-state index contributed by atoms with van der Waals surface area (Å²) in [5.41, 5.74) is 0.0208. The first kappa shape index (κ1) is 12.9. The second-order valence-electron chi connectivity index (χ2n) is 5.94. The molecule has 0 aromatic carbocycles. The molecule has 1 heterocycles. The Labute approximate surface area is 105 Å². The maximum absolute atomic E-state index is 12.5. The minimum atomic E-state index is 0.0208. The third kappa shape index (κ3) is 2.49. The van der Waals surface area contributed by atoms with Gasteiger partial charge in [0.15, 0.2) is 0 Å². The number of carbonyl (C=O) groups excluding carboxylic acids is 1. The van der Waals surface area contributed by atoms with Crippen LogP contribution in [0.25, 0.3) is 0 Å². The molecule has 0 N–H and O–H groups in total. The van der Waals surface area contributed by atoms with Crippen LogP contribution in [-0.2, 0) is 4.79 Å². The van der Waals surface area contributed by atoms with Crippen molar-refractivity contribution < 1.29 is 4.79 Å². The van der Waals surface area contributed by atoms with E-state index in [9.17, 15) is 4.79 Å². The minimum Gasteiger partial charge on any atom is -0.340 e. The van der Waals surface area contributed by atoms with E-state index in [0.29, 0.717) is 11.8 Å². The zero-order valence-electron chi connectivity index (χ0n) is 11.5. The van der Waals surface area contributed by atoms with Crippen LogP contribution in [0.5, 0.6) is 0 Å². The Morgan fingerprint density at radius 1 is 1.18 bits per heavy atom. The zero-order valence-corrected chi connectivity index (χ0v) is 11.5. The van der Waals surface area contributed by atoms with Crippen molar-refractivity contribution in [1.82, 2.24) is 9.80 Å². The minimum absolute atomic E-state index is 0.0208. The lowest BCUT2D eigenvalue weighted by Crippen LogP contribution is -2.51. The Morgan fingerprint density at radius 3 is 2.18 bits per heavy atom. The lowest BCUT2D eigenvalue weighted by molar-refractivity contribution is -0.140. The molecule has 2 fully saturated rings. The third-order valence-corrected chi connectivity index (χ3v) is 4.52. The van der Waals surface area contributed by atoms with Gasteiger partial charge < -0.3 is 4.90 Å². The van der Waals surface area contributed by atoms with Gasteiger partial charge in [0.25, 0.3) is 0 Å². The summed E-state index contributed by atoms with van der Waals surface area (Å²) in [4.78, 5) is 17.1. The SMILES string of the molecule is CCCN1CCN(C(=O)C2(C(C)C)CC2)CC1. The Balaban J connectivity index is 1.87. The summed E-state index contributed by atoms with van der Waals surface area (Å²) in [6, 6.07) is 0. The fourth-order valence-electron chi connectivity index (χ4n) is 2.98. The van der Waals surface area contributed by atoms with Gasteiger partial charge in [-0.15, -0.1) is 0 Å². The molecule has 1 saturated heterocycles. The van der Waals surface area contributed by atoms with E-state index in [2.05, 4.69) is 30.6 Å². The highest BCUT2D eigenvalue weighted by molar-refractivity contribution is 5.85. The molecule has 1 aliphatic heterocycles. The highest BCUT2D eigenvalue weighted by Crippen LogP contribution is 2.53. The van der Waals surface area contributed by atoms with Crippen LogP contribution in [0, 0.1) is 11.3 Å². The molecule has 0 aromatic heterocycles. The van der Waals surface area contributed by atoms with Crippen molar-refractivity contribution in [2.75, 3.05) is 32.7 Å². The summed E-state index contributed by atoms with van der Waals surface area (Å²) in [5.74, 6) is 0.937. The fraction of sp³-hybridized carbons (Fsp3) is 0.929. The number of piperazine rings is 1. The first-order valence-corrected chi connectivity index (χ1v) is 7.12. The Hall–Kier alpha value is -0.570. The number of rotatable bonds is 4. The second kappa shape index (κ2) is 4.97. The van der Waals surface area contributed by atoms with E-state index < -0.39 is 0 Å². The molecule has 1 aliphatic carbocycles. The monoisotopic (exact) mass is 238 g/mol. The van der Waals surface area contributed by atoms with Gasteiger partial charge in [-0.2, -0.15) is 0 Å². The number of carbonyl (C=O) groups is 1. The molecule has 0 atom stereocenters. The Bertz CT molecular complexity index is 276. The second-order valence-corrected chi connectivity index (χ2v) is 5.94. The van der Waals surface area contributed by atoms with E-state index >= 15 is 0 Å². The van der Waals surface area contributed by atoms with E-state index in [1.54, 1.807) is 0 Å². The van der Waals surface area contributed by atoms with Crippen molar-refractivity contribution in [3.05, 3.63) is 0 Å². The molecule has 0 unspecified atom stereocenters. The van der Waals surface area contributed by atoms with E-state index in [0.717, 1.165) is 39.0 Å². The van der Waals surface area contributed by atoms with Gasteiger partial charge in [0, 0.05) is 26.2 Å². The Kier molecular flexibility index (Phi) is 3.76. The van der Waals surface area contributed by atoms with Crippen molar-refractivity contribution in [2.45, 2.75) is 40.0 Å². The topological polar surface area (TPSA) is 23.6 Å². The summed E-state index contributed by atoms with van der Waals surface area (Å²) in [6.07, 6.45) is 3.43. The fourth-order valence-corrected chi connectivity index (χ4v) is 2.98. The van der Waals surface area contributed by atoms with Crippen molar-refractivity contribution in [1.29, 1.82) is 0 Å². The third-order valence-electron chi connectivity index (χ3n) is 4.52. The van der Waals surface area contributed by atoms with Gasteiger partial charge in [-0.3, -0.25) is 9.69 Å². The van der Waals surface area contributed by atoms with Crippen LogP contribution in [0.2, 0.25) is 0 Å².